The van der Waals surface area contributed by atoms with Gasteiger partial charge in [-0.2, -0.15) is 4.98 Å². The molecule has 88 valence electrons. The van der Waals surface area contributed by atoms with Crippen LogP contribution in [0.5, 0.6) is 5.88 Å². The third-order valence-electron chi connectivity index (χ3n) is 2.90. The smallest absolute Gasteiger partial charge is 0.223 e. The molecule has 2 rings (SSSR count). The van der Waals surface area contributed by atoms with Crippen molar-refractivity contribution in [1.29, 1.82) is 0 Å². The maximum Gasteiger partial charge on any atom is 0.223 e. The van der Waals surface area contributed by atoms with Crippen molar-refractivity contribution in [3.05, 3.63) is 11.3 Å². The van der Waals surface area contributed by atoms with Crippen LogP contribution < -0.4 is 10.5 Å². The van der Waals surface area contributed by atoms with Crippen LogP contribution >= 0.6 is 0 Å². The minimum atomic E-state index is 0.340. The zero-order valence-electron chi connectivity index (χ0n) is 9.83. The third kappa shape index (κ3) is 2.43. The van der Waals surface area contributed by atoms with Gasteiger partial charge in [-0.1, -0.05) is 13.3 Å². The topological polar surface area (TPSA) is 61.0 Å². The van der Waals surface area contributed by atoms with Crippen LogP contribution in [0.1, 0.15) is 43.9 Å². The van der Waals surface area contributed by atoms with Crippen molar-refractivity contribution in [3.8, 4) is 5.88 Å². The molecule has 1 aliphatic rings. The molecule has 0 unspecified atom stereocenters. The predicted octanol–water partition coefficient (Wildman–Crippen LogP) is 2.12. The van der Waals surface area contributed by atoms with Crippen LogP contribution in [-0.4, -0.2) is 16.6 Å². The monoisotopic (exact) mass is 221 g/mol. The van der Waals surface area contributed by atoms with Crippen molar-refractivity contribution in [3.63, 3.8) is 0 Å². The summed E-state index contributed by atoms with van der Waals surface area (Å²) in [5.74, 6) is 1.06. The molecule has 1 aliphatic carbocycles. The van der Waals surface area contributed by atoms with Gasteiger partial charge in [0.05, 0.1) is 12.3 Å². The Labute approximate surface area is 96.2 Å². The van der Waals surface area contributed by atoms with E-state index in [0.29, 0.717) is 5.95 Å². The molecule has 1 aromatic rings. The summed E-state index contributed by atoms with van der Waals surface area (Å²) in [4.78, 5) is 8.49. The van der Waals surface area contributed by atoms with Crippen LogP contribution in [0.2, 0.25) is 0 Å². The average Bonchev–Trinajstić information content (AvgIpc) is 2.29. The molecule has 0 amide bonds. The number of nitrogen functional groups attached to an aromatic ring is 1. The van der Waals surface area contributed by atoms with Crippen LogP contribution in [0.25, 0.3) is 0 Å². The summed E-state index contributed by atoms with van der Waals surface area (Å²) in [5, 5.41) is 0. The highest BCUT2D eigenvalue weighted by molar-refractivity contribution is 5.37. The van der Waals surface area contributed by atoms with E-state index in [2.05, 4.69) is 16.9 Å². The van der Waals surface area contributed by atoms with E-state index in [4.69, 9.17) is 10.5 Å². The van der Waals surface area contributed by atoms with Crippen molar-refractivity contribution in [2.45, 2.75) is 45.4 Å². The first-order valence-corrected chi connectivity index (χ1v) is 6.09. The number of nitrogens with two attached hydrogens (primary N) is 1. The molecule has 0 bridgehead atoms. The van der Waals surface area contributed by atoms with Crippen molar-refractivity contribution < 1.29 is 4.74 Å². The van der Waals surface area contributed by atoms with E-state index < -0.39 is 0 Å². The number of hydrogen-bond donors (Lipinski definition) is 1. The van der Waals surface area contributed by atoms with Gasteiger partial charge in [-0.05, 0) is 32.1 Å². The number of aromatic nitrogens is 2. The summed E-state index contributed by atoms with van der Waals surface area (Å²) >= 11 is 0. The Morgan fingerprint density at radius 3 is 2.88 bits per heavy atom. The van der Waals surface area contributed by atoms with E-state index >= 15 is 0 Å². The highest BCUT2D eigenvalue weighted by Gasteiger charge is 2.17. The first-order valence-electron chi connectivity index (χ1n) is 6.09. The molecule has 0 aromatic carbocycles. The highest BCUT2D eigenvalue weighted by atomic mass is 16.5. The third-order valence-corrected chi connectivity index (χ3v) is 2.90. The Hall–Kier alpha value is -1.32. The lowest BCUT2D eigenvalue weighted by atomic mass is 9.97. The Morgan fingerprint density at radius 1 is 1.25 bits per heavy atom. The van der Waals surface area contributed by atoms with Gasteiger partial charge in [0.2, 0.25) is 11.8 Å². The molecule has 0 saturated carbocycles. The van der Waals surface area contributed by atoms with Gasteiger partial charge in [0, 0.05) is 5.56 Å². The van der Waals surface area contributed by atoms with Crippen LogP contribution in [-0.2, 0) is 12.8 Å². The van der Waals surface area contributed by atoms with Gasteiger partial charge >= 0.3 is 0 Å². The lowest BCUT2D eigenvalue weighted by Crippen LogP contribution is -2.13. The molecule has 2 N–H and O–H groups in total. The summed E-state index contributed by atoms with van der Waals surface area (Å²) in [6, 6.07) is 0. The molecule has 4 heteroatoms. The largest absolute Gasteiger partial charge is 0.477 e. The number of unbranched alkanes of at least 4 members (excludes halogenated alkanes) is 1. The Kier molecular flexibility index (Phi) is 3.59. The SMILES string of the molecule is CCCCOc1nc(N)nc2c1CCCC2. The van der Waals surface area contributed by atoms with Gasteiger partial charge in [0.25, 0.3) is 0 Å². The Balaban J connectivity index is 2.18. The standard InChI is InChI=1S/C12H19N3O/c1-2-3-8-16-11-9-6-4-5-7-10(9)14-12(13)15-11/h2-8H2,1H3,(H2,13,14,15). The number of anilines is 1. The van der Waals surface area contributed by atoms with Crippen LogP contribution in [0.15, 0.2) is 0 Å². The second kappa shape index (κ2) is 5.14. The minimum Gasteiger partial charge on any atom is -0.477 e. The van der Waals surface area contributed by atoms with E-state index in [0.717, 1.165) is 43.9 Å². The number of hydrogen-bond acceptors (Lipinski definition) is 4. The zero-order chi connectivity index (χ0) is 11.4. The quantitative estimate of drug-likeness (QED) is 0.791. The van der Waals surface area contributed by atoms with E-state index in [1.807, 2.05) is 0 Å². The number of ether oxygens (including phenoxy) is 1. The second-order valence-corrected chi connectivity index (χ2v) is 4.22. The average molecular weight is 221 g/mol. The van der Waals surface area contributed by atoms with E-state index in [9.17, 15) is 0 Å². The summed E-state index contributed by atoms with van der Waals surface area (Å²) < 4.78 is 5.69. The van der Waals surface area contributed by atoms with E-state index in [-0.39, 0.29) is 0 Å². The van der Waals surface area contributed by atoms with Crippen molar-refractivity contribution in [2.75, 3.05) is 12.3 Å². The summed E-state index contributed by atoms with van der Waals surface area (Å²) in [6.07, 6.45) is 6.60. The molecular formula is C12H19N3O. The molecule has 0 saturated heterocycles. The molecule has 0 spiro atoms. The predicted molar refractivity (Wildman–Crippen MR) is 63.5 cm³/mol. The minimum absolute atomic E-state index is 0.340. The lowest BCUT2D eigenvalue weighted by Gasteiger charge is -2.18. The van der Waals surface area contributed by atoms with Crippen LogP contribution in [0, 0.1) is 0 Å². The summed E-state index contributed by atoms with van der Waals surface area (Å²) in [5.41, 5.74) is 7.95. The number of fused-ring (bicyclic) bond motifs is 1. The molecule has 0 radical (unpaired) electrons. The second-order valence-electron chi connectivity index (χ2n) is 4.22. The van der Waals surface area contributed by atoms with Gasteiger partial charge in [0.1, 0.15) is 0 Å². The fourth-order valence-electron chi connectivity index (χ4n) is 2.01. The summed E-state index contributed by atoms with van der Waals surface area (Å²) in [7, 11) is 0. The van der Waals surface area contributed by atoms with Gasteiger partial charge < -0.3 is 10.5 Å². The Morgan fingerprint density at radius 2 is 2.06 bits per heavy atom. The molecule has 1 aromatic heterocycles. The van der Waals surface area contributed by atoms with Crippen LogP contribution in [0.4, 0.5) is 5.95 Å². The fourth-order valence-corrected chi connectivity index (χ4v) is 2.01. The van der Waals surface area contributed by atoms with E-state index in [1.165, 1.54) is 18.4 Å². The number of rotatable bonds is 4. The molecule has 0 fully saturated rings. The number of aryl methyl sites for hydroxylation is 1. The van der Waals surface area contributed by atoms with Crippen molar-refractivity contribution in [1.82, 2.24) is 9.97 Å². The molecule has 1 heterocycles. The van der Waals surface area contributed by atoms with Gasteiger partial charge in [-0.25, -0.2) is 4.98 Å². The molecule has 16 heavy (non-hydrogen) atoms. The molecule has 0 atom stereocenters. The van der Waals surface area contributed by atoms with Crippen molar-refractivity contribution in [2.24, 2.45) is 0 Å². The maximum absolute atomic E-state index is 5.69. The van der Waals surface area contributed by atoms with Crippen molar-refractivity contribution >= 4 is 5.95 Å². The molecular weight excluding hydrogens is 202 g/mol. The molecule has 4 nitrogen and oxygen atoms in total. The maximum atomic E-state index is 5.69. The first kappa shape index (κ1) is 11.2. The zero-order valence-corrected chi connectivity index (χ0v) is 9.83. The van der Waals surface area contributed by atoms with Crippen LogP contribution in [0.3, 0.4) is 0 Å². The number of nitrogens with zero attached hydrogens (tertiary/aromatic N) is 2. The lowest BCUT2D eigenvalue weighted by molar-refractivity contribution is 0.292. The molecule has 0 aliphatic heterocycles. The Bertz CT molecular complexity index is 366. The van der Waals surface area contributed by atoms with E-state index in [1.54, 1.807) is 0 Å². The van der Waals surface area contributed by atoms with Gasteiger partial charge in [0.15, 0.2) is 0 Å². The highest BCUT2D eigenvalue weighted by Crippen LogP contribution is 2.27. The normalized spacial score (nSPS) is 14.6. The fraction of sp³-hybridized carbons (Fsp3) is 0.667. The van der Waals surface area contributed by atoms with Gasteiger partial charge in [-0.3, -0.25) is 0 Å². The first-order chi connectivity index (χ1) is 7.81. The van der Waals surface area contributed by atoms with Gasteiger partial charge in [-0.15, -0.1) is 0 Å². The summed E-state index contributed by atoms with van der Waals surface area (Å²) in [6.45, 7) is 2.87.